The van der Waals surface area contributed by atoms with E-state index in [4.69, 9.17) is 10.3 Å². The maximum atomic E-state index is 5.92. The molecule has 0 amide bonds. The van der Waals surface area contributed by atoms with E-state index in [0.29, 0.717) is 11.7 Å². The van der Waals surface area contributed by atoms with E-state index in [1.165, 1.54) is 4.88 Å². The van der Waals surface area contributed by atoms with Crippen molar-refractivity contribution in [3.63, 3.8) is 0 Å². The minimum atomic E-state index is -0.122. The first-order valence-corrected chi connectivity index (χ1v) is 6.18. The fourth-order valence-corrected chi connectivity index (χ4v) is 2.26. The summed E-state index contributed by atoms with van der Waals surface area (Å²) < 4.78 is 5.20. The molecule has 86 valence electrons. The molecule has 0 bridgehead atoms. The van der Waals surface area contributed by atoms with Gasteiger partial charge in [-0.05, 0) is 25.5 Å². The summed E-state index contributed by atoms with van der Waals surface area (Å²) in [5.41, 5.74) is 5.92. The second kappa shape index (κ2) is 4.76. The number of hydrogen-bond acceptors (Lipinski definition) is 5. The molecule has 2 aromatic rings. The standard InChI is InChI=1S/C11H15N3OS/c1-3-4-8(12)10-13-11(15-14-10)9-6-5-7(2)16-9/h5-6,8H,3-4,12H2,1-2H3. The lowest BCUT2D eigenvalue weighted by Gasteiger charge is -2.02. The maximum Gasteiger partial charge on any atom is 0.268 e. The van der Waals surface area contributed by atoms with Crippen molar-refractivity contribution in [3.8, 4) is 10.8 Å². The van der Waals surface area contributed by atoms with Crippen LogP contribution in [0.25, 0.3) is 10.8 Å². The Bertz CT molecular complexity index is 463. The summed E-state index contributed by atoms with van der Waals surface area (Å²) >= 11 is 1.64. The zero-order valence-electron chi connectivity index (χ0n) is 9.43. The fraction of sp³-hybridized carbons (Fsp3) is 0.455. The Labute approximate surface area is 98.5 Å². The molecule has 2 aromatic heterocycles. The molecular weight excluding hydrogens is 222 g/mol. The molecule has 1 unspecified atom stereocenters. The Morgan fingerprint density at radius 3 is 2.94 bits per heavy atom. The van der Waals surface area contributed by atoms with Crippen molar-refractivity contribution in [2.75, 3.05) is 0 Å². The number of thiophene rings is 1. The van der Waals surface area contributed by atoms with E-state index in [1.54, 1.807) is 11.3 Å². The Hall–Kier alpha value is -1.20. The van der Waals surface area contributed by atoms with Crippen molar-refractivity contribution in [2.45, 2.75) is 32.7 Å². The molecule has 2 heterocycles. The van der Waals surface area contributed by atoms with E-state index in [1.807, 2.05) is 19.1 Å². The van der Waals surface area contributed by atoms with Crippen LogP contribution in [0.4, 0.5) is 0 Å². The van der Waals surface area contributed by atoms with Gasteiger partial charge in [-0.2, -0.15) is 4.98 Å². The summed E-state index contributed by atoms with van der Waals surface area (Å²) in [4.78, 5) is 6.55. The molecule has 2 N–H and O–H groups in total. The molecule has 2 rings (SSSR count). The molecule has 0 saturated heterocycles. The van der Waals surface area contributed by atoms with Crippen LogP contribution in [-0.4, -0.2) is 10.1 Å². The van der Waals surface area contributed by atoms with Crippen LogP contribution >= 0.6 is 11.3 Å². The lowest BCUT2D eigenvalue weighted by Crippen LogP contribution is -2.11. The minimum absolute atomic E-state index is 0.122. The second-order valence-corrected chi connectivity index (χ2v) is 5.05. The molecule has 0 aliphatic heterocycles. The van der Waals surface area contributed by atoms with Crippen molar-refractivity contribution >= 4 is 11.3 Å². The van der Waals surface area contributed by atoms with Crippen molar-refractivity contribution in [3.05, 3.63) is 22.8 Å². The van der Waals surface area contributed by atoms with E-state index < -0.39 is 0 Å². The molecule has 4 nitrogen and oxygen atoms in total. The van der Waals surface area contributed by atoms with Crippen molar-refractivity contribution in [1.82, 2.24) is 10.1 Å². The molecule has 1 atom stereocenters. The molecule has 0 saturated carbocycles. The lowest BCUT2D eigenvalue weighted by atomic mass is 10.2. The van der Waals surface area contributed by atoms with Gasteiger partial charge in [0, 0.05) is 4.88 Å². The SMILES string of the molecule is CCCC(N)c1noc(-c2ccc(C)s2)n1. The van der Waals surface area contributed by atoms with Gasteiger partial charge in [0.15, 0.2) is 5.82 Å². The van der Waals surface area contributed by atoms with Crippen LogP contribution in [0.3, 0.4) is 0 Å². The normalized spacial score (nSPS) is 12.9. The number of rotatable bonds is 4. The Balaban J connectivity index is 2.19. The first-order chi connectivity index (χ1) is 7.70. The van der Waals surface area contributed by atoms with Crippen molar-refractivity contribution in [2.24, 2.45) is 5.73 Å². The zero-order valence-corrected chi connectivity index (χ0v) is 10.3. The molecule has 0 radical (unpaired) electrons. The molecule has 0 aliphatic rings. The largest absolute Gasteiger partial charge is 0.333 e. The molecule has 16 heavy (non-hydrogen) atoms. The van der Waals surface area contributed by atoms with Crippen LogP contribution in [0, 0.1) is 6.92 Å². The quantitative estimate of drug-likeness (QED) is 0.888. The maximum absolute atomic E-state index is 5.92. The van der Waals surface area contributed by atoms with Gasteiger partial charge in [-0.15, -0.1) is 11.3 Å². The average Bonchev–Trinajstić information content (AvgIpc) is 2.85. The smallest absolute Gasteiger partial charge is 0.268 e. The van der Waals surface area contributed by atoms with Crippen molar-refractivity contribution < 1.29 is 4.52 Å². The van der Waals surface area contributed by atoms with E-state index in [2.05, 4.69) is 17.1 Å². The lowest BCUT2D eigenvalue weighted by molar-refractivity contribution is 0.414. The number of aromatic nitrogens is 2. The third-order valence-corrected chi connectivity index (χ3v) is 3.31. The molecule has 0 spiro atoms. The van der Waals surface area contributed by atoms with Crippen LogP contribution in [0.15, 0.2) is 16.7 Å². The summed E-state index contributed by atoms with van der Waals surface area (Å²) in [7, 11) is 0. The molecule has 0 fully saturated rings. The van der Waals surface area contributed by atoms with Gasteiger partial charge >= 0.3 is 0 Å². The van der Waals surface area contributed by atoms with Crippen LogP contribution in [0.2, 0.25) is 0 Å². The highest BCUT2D eigenvalue weighted by molar-refractivity contribution is 7.15. The van der Waals surface area contributed by atoms with Gasteiger partial charge in [0.25, 0.3) is 5.89 Å². The summed E-state index contributed by atoms with van der Waals surface area (Å²) in [6, 6.07) is 3.90. The van der Waals surface area contributed by atoms with E-state index >= 15 is 0 Å². The molecular formula is C11H15N3OS. The Kier molecular flexibility index (Phi) is 3.36. The van der Waals surface area contributed by atoms with Gasteiger partial charge < -0.3 is 10.3 Å². The molecule has 5 heteroatoms. The summed E-state index contributed by atoms with van der Waals surface area (Å²) in [6.45, 7) is 4.14. The van der Waals surface area contributed by atoms with Gasteiger partial charge in [0.05, 0.1) is 10.9 Å². The predicted molar refractivity (Wildman–Crippen MR) is 64.2 cm³/mol. The highest BCUT2D eigenvalue weighted by Crippen LogP contribution is 2.27. The summed E-state index contributed by atoms with van der Waals surface area (Å²) in [6.07, 6.45) is 1.89. The first-order valence-electron chi connectivity index (χ1n) is 5.36. The first kappa shape index (κ1) is 11.3. The molecule has 0 aromatic carbocycles. The Morgan fingerprint density at radius 2 is 2.31 bits per heavy atom. The van der Waals surface area contributed by atoms with Crippen molar-refractivity contribution in [1.29, 1.82) is 0 Å². The van der Waals surface area contributed by atoms with E-state index in [9.17, 15) is 0 Å². The number of aryl methyl sites for hydroxylation is 1. The van der Waals surface area contributed by atoms with Gasteiger partial charge in [-0.1, -0.05) is 18.5 Å². The van der Waals surface area contributed by atoms with Crippen LogP contribution < -0.4 is 5.73 Å². The number of hydrogen-bond donors (Lipinski definition) is 1. The van der Waals surface area contributed by atoms with Crippen LogP contribution in [0.1, 0.15) is 36.5 Å². The summed E-state index contributed by atoms with van der Waals surface area (Å²) in [5.74, 6) is 1.17. The van der Waals surface area contributed by atoms with Gasteiger partial charge in [0.2, 0.25) is 0 Å². The highest BCUT2D eigenvalue weighted by Gasteiger charge is 2.15. The van der Waals surface area contributed by atoms with E-state index in [-0.39, 0.29) is 6.04 Å². The third kappa shape index (κ3) is 2.31. The van der Waals surface area contributed by atoms with Crippen LogP contribution in [-0.2, 0) is 0 Å². The fourth-order valence-electron chi connectivity index (χ4n) is 1.48. The van der Waals surface area contributed by atoms with E-state index in [0.717, 1.165) is 17.7 Å². The average molecular weight is 237 g/mol. The Morgan fingerprint density at radius 1 is 1.50 bits per heavy atom. The highest BCUT2D eigenvalue weighted by atomic mass is 32.1. The predicted octanol–water partition coefficient (Wildman–Crippen LogP) is 2.91. The second-order valence-electron chi connectivity index (χ2n) is 3.76. The number of nitrogens with zero attached hydrogens (tertiary/aromatic N) is 2. The zero-order chi connectivity index (χ0) is 11.5. The van der Waals surface area contributed by atoms with Crippen LogP contribution in [0.5, 0.6) is 0 Å². The van der Waals surface area contributed by atoms with Gasteiger partial charge in [-0.3, -0.25) is 0 Å². The molecule has 0 aliphatic carbocycles. The van der Waals surface area contributed by atoms with Gasteiger partial charge in [0.1, 0.15) is 0 Å². The third-order valence-electron chi connectivity index (χ3n) is 2.32. The number of nitrogens with two attached hydrogens (primary N) is 1. The monoisotopic (exact) mass is 237 g/mol. The van der Waals surface area contributed by atoms with Gasteiger partial charge in [-0.25, -0.2) is 0 Å². The topological polar surface area (TPSA) is 64.9 Å². The minimum Gasteiger partial charge on any atom is -0.333 e. The summed E-state index contributed by atoms with van der Waals surface area (Å²) in [5, 5.41) is 3.92.